The van der Waals surface area contributed by atoms with Crippen molar-refractivity contribution in [3.05, 3.63) is 24.3 Å². The number of amides is 1. The van der Waals surface area contributed by atoms with E-state index in [9.17, 15) is 9.00 Å². The molecule has 0 spiro atoms. The monoisotopic (exact) mass is 281 g/mol. The van der Waals surface area contributed by atoms with Crippen molar-refractivity contribution in [2.75, 3.05) is 42.2 Å². The van der Waals surface area contributed by atoms with Crippen LogP contribution in [0.3, 0.4) is 0 Å². The first-order valence-corrected chi connectivity index (χ1v) is 7.85. The maximum atomic E-state index is 11.8. The van der Waals surface area contributed by atoms with Crippen molar-refractivity contribution in [3.8, 4) is 0 Å². The van der Waals surface area contributed by atoms with Crippen molar-refractivity contribution >= 4 is 28.1 Å². The van der Waals surface area contributed by atoms with Crippen LogP contribution in [0.4, 0.5) is 11.4 Å². The van der Waals surface area contributed by atoms with Gasteiger partial charge in [0, 0.05) is 59.7 Å². The van der Waals surface area contributed by atoms with Crippen molar-refractivity contribution in [1.82, 2.24) is 4.90 Å². The summed E-state index contributed by atoms with van der Waals surface area (Å²) in [5.41, 5.74) is 7.02. The number of nitrogens with zero attached hydrogens (tertiary/aromatic N) is 1. The standard InChI is InChI=1S/C13H19N3O2S/c14-11-1-3-12(4-2-11)15-13(17)5-6-16-7-9-19(18)10-8-16/h1-4H,5-10,14H2,(H,15,17). The van der Waals surface area contributed by atoms with Crippen LogP contribution >= 0.6 is 0 Å². The molecule has 2 rings (SSSR count). The van der Waals surface area contributed by atoms with Gasteiger partial charge in [-0.15, -0.1) is 0 Å². The zero-order chi connectivity index (χ0) is 13.7. The minimum absolute atomic E-state index is 0.00327. The molecule has 0 atom stereocenters. The van der Waals surface area contributed by atoms with E-state index >= 15 is 0 Å². The second kappa shape index (κ2) is 6.68. The number of rotatable bonds is 4. The van der Waals surface area contributed by atoms with E-state index in [1.54, 1.807) is 24.3 Å². The number of carbonyl (C=O) groups excluding carboxylic acids is 1. The zero-order valence-corrected chi connectivity index (χ0v) is 11.6. The number of benzene rings is 1. The lowest BCUT2D eigenvalue weighted by Gasteiger charge is -2.25. The van der Waals surface area contributed by atoms with E-state index in [2.05, 4.69) is 10.2 Å². The Balaban J connectivity index is 1.72. The summed E-state index contributed by atoms with van der Waals surface area (Å²) in [4.78, 5) is 14.0. The Morgan fingerprint density at radius 1 is 1.26 bits per heavy atom. The molecule has 1 amide bonds. The number of hydrogen-bond acceptors (Lipinski definition) is 4. The molecule has 19 heavy (non-hydrogen) atoms. The van der Waals surface area contributed by atoms with E-state index in [0.717, 1.165) is 36.8 Å². The van der Waals surface area contributed by atoms with E-state index in [-0.39, 0.29) is 5.91 Å². The summed E-state index contributed by atoms with van der Waals surface area (Å²) in [6, 6.07) is 7.10. The molecule has 1 saturated heterocycles. The smallest absolute Gasteiger partial charge is 0.225 e. The lowest BCUT2D eigenvalue weighted by molar-refractivity contribution is -0.116. The molecule has 1 aliphatic rings. The molecule has 1 aromatic rings. The summed E-state index contributed by atoms with van der Waals surface area (Å²) < 4.78 is 11.2. The van der Waals surface area contributed by atoms with E-state index < -0.39 is 10.8 Å². The number of anilines is 2. The van der Waals surface area contributed by atoms with Crippen LogP contribution in [0.25, 0.3) is 0 Å². The molecule has 0 radical (unpaired) electrons. The van der Waals surface area contributed by atoms with Crippen molar-refractivity contribution in [2.45, 2.75) is 6.42 Å². The fourth-order valence-electron chi connectivity index (χ4n) is 1.95. The normalized spacial score (nSPS) is 17.3. The predicted molar refractivity (Wildman–Crippen MR) is 78.4 cm³/mol. The average Bonchev–Trinajstić information content (AvgIpc) is 2.41. The number of hydrogen-bond donors (Lipinski definition) is 2. The molecule has 0 aliphatic carbocycles. The van der Waals surface area contributed by atoms with Crippen LogP contribution < -0.4 is 11.1 Å². The third-order valence-electron chi connectivity index (χ3n) is 3.12. The van der Waals surface area contributed by atoms with E-state index in [1.165, 1.54) is 0 Å². The van der Waals surface area contributed by atoms with Crippen molar-refractivity contribution < 1.29 is 9.00 Å². The Morgan fingerprint density at radius 3 is 2.53 bits per heavy atom. The van der Waals surface area contributed by atoms with Crippen LogP contribution in [-0.4, -0.2) is 46.2 Å². The first-order valence-electron chi connectivity index (χ1n) is 6.36. The lowest BCUT2D eigenvalue weighted by Crippen LogP contribution is -2.39. The Hall–Kier alpha value is -1.40. The zero-order valence-electron chi connectivity index (χ0n) is 10.8. The molecule has 0 aromatic heterocycles. The second-order valence-electron chi connectivity index (χ2n) is 4.61. The highest BCUT2D eigenvalue weighted by Crippen LogP contribution is 2.11. The Bertz CT molecular complexity index is 451. The van der Waals surface area contributed by atoms with Crippen LogP contribution in [0.1, 0.15) is 6.42 Å². The van der Waals surface area contributed by atoms with Gasteiger partial charge in [-0.05, 0) is 24.3 Å². The maximum Gasteiger partial charge on any atom is 0.225 e. The molecular formula is C13H19N3O2S. The van der Waals surface area contributed by atoms with Gasteiger partial charge in [0.1, 0.15) is 0 Å². The number of carbonyl (C=O) groups is 1. The minimum Gasteiger partial charge on any atom is -0.399 e. The van der Waals surface area contributed by atoms with Gasteiger partial charge in [0.05, 0.1) is 0 Å². The van der Waals surface area contributed by atoms with Gasteiger partial charge in [-0.1, -0.05) is 0 Å². The molecule has 0 saturated carbocycles. The van der Waals surface area contributed by atoms with Crippen molar-refractivity contribution in [3.63, 3.8) is 0 Å². The second-order valence-corrected chi connectivity index (χ2v) is 6.31. The third kappa shape index (κ3) is 4.65. The number of nitrogens with two attached hydrogens (primary N) is 1. The predicted octanol–water partition coefficient (Wildman–Crippen LogP) is 0.662. The third-order valence-corrected chi connectivity index (χ3v) is 4.40. The highest BCUT2D eigenvalue weighted by atomic mass is 32.2. The molecule has 3 N–H and O–H groups in total. The molecule has 104 valence electrons. The molecular weight excluding hydrogens is 262 g/mol. The molecule has 1 heterocycles. The molecule has 0 bridgehead atoms. The number of nitrogen functional groups attached to an aromatic ring is 1. The van der Waals surface area contributed by atoms with Gasteiger partial charge in [-0.3, -0.25) is 9.00 Å². The van der Waals surface area contributed by atoms with Gasteiger partial charge in [0.25, 0.3) is 0 Å². The van der Waals surface area contributed by atoms with Crippen molar-refractivity contribution in [2.24, 2.45) is 0 Å². The molecule has 0 unspecified atom stereocenters. The lowest BCUT2D eigenvalue weighted by atomic mass is 10.2. The van der Waals surface area contributed by atoms with Crippen LogP contribution in [0.5, 0.6) is 0 Å². The summed E-state index contributed by atoms with van der Waals surface area (Å²) in [6.45, 7) is 2.36. The van der Waals surface area contributed by atoms with E-state index in [4.69, 9.17) is 5.73 Å². The van der Waals surface area contributed by atoms with Crippen LogP contribution in [0.2, 0.25) is 0 Å². The van der Waals surface area contributed by atoms with Crippen LogP contribution in [-0.2, 0) is 15.6 Å². The quantitative estimate of drug-likeness (QED) is 0.795. The SMILES string of the molecule is Nc1ccc(NC(=O)CCN2CCS(=O)CC2)cc1. The fourth-order valence-corrected chi connectivity index (χ4v) is 3.08. The Kier molecular flexibility index (Phi) is 4.93. The van der Waals surface area contributed by atoms with Gasteiger partial charge < -0.3 is 16.0 Å². The summed E-state index contributed by atoms with van der Waals surface area (Å²) in [5, 5.41) is 2.84. The highest BCUT2D eigenvalue weighted by molar-refractivity contribution is 7.85. The molecule has 5 nitrogen and oxygen atoms in total. The summed E-state index contributed by atoms with van der Waals surface area (Å²) in [6.07, 6.45) is 0.455. The summed E-state index contributed by atoms with van der Waals surface area (Å²) in [5.74, 6) is 1.44. The van der Waals surface area contributed by atoms with E-state index in [1.807, 2.05) is 0 Å². The fraction of sp³-hybridized carbons (Fsp3) is 0.462. The summed E-state index contributed by atoms with van der Waals surface area (Å²) >= 11 is 0. The molecule has 1 fully saturated rings. The van der Waals surface area contributed by atoms with Gasteiger partial charge in [0.15, 0.2) is 0 Å². The van der Waals surface area contributed by atoms with Crippen LogP contribution in [0, 0.1) is 0 Å². The maximum absolute atomic E-state index is 11.8. The van der Waals surface area contributed by atoms with Gasteiger partial charge >= 0.3 is 0 Å². The Morgan fingerprint density at radius 2 is 1.89 bits per heavy atom. The highest BCUT2D eigenvalue weighted by Gasteiger charge is 2.15. The first kappa shape index (κ1) is 14.0. The molecule has 6 heteroatoms. The molecule has 1 aliphatic heterocycles. The van der Waals surface area contributed by atoms with Crippen LogP contribution in [0.15, 0.2) is 24.3 Å². The summed E-state index contributed by atoms with van der Waals surface area (Å²) in [7, 11) is -0.663. The van der Waals surface area contributed by atoms with Gasteiger partial charge in [-0.25, -0.2) is 0 Å². The van der Waals surface area contributed by atoms with Gasteiger partial charge in [0.2, 0.25) is 5.91 Å². The minimum atomic E-state index is -0.663. The average molecular weight is 281 g/mol. The topological polar surface area (TPSA) is 75.4 Å². The number of nitrogens with one attached hydrogen (secondary N) is 1. The first-order chi connectivity index (χ1) is 9.13. The van der Waals surface area contributed by atoms with E-state index in [0.29, 0.717) is 12.1 Å². The van der Waals surface area contributed by atoms with Crippen molar-refractivity contribution in [1.29, 1.82) is 0 Å². The Labute approximate surface area is 115 Å². The molecule has 1 aromatic carbocycles. The largest absolute Gasteiger partial charge is 0.399 e. The van der Waals surface area contributed by atoms with Gasteiger partial charge in [-0.2, -0.15) is 0 Å².